The summed E-state index contributed by atoms with van der Waals surface area (Å²) in [6.07, 6.45) is 6.05. The molecular formula is C14H23N3OS. The molecule has 4 nitrogen and oxygen atoms in total. The van der Waals surface area contributed by atoms with Gasteiger partial charge in [0, 0.05) is 18.0 Å². The van der Waals surface area contributed by atoms with Crippen LogP contribution in [0.15, 0.2) is 0 Å². The van der Waals surface area contributed by atoms with Gasteiger partial charge >= 0.3 is 0 Å². The molecule has 0 saturated heterocycles. The number of hydrogen-bond donors (Lipinski definition) is 2. The maximum Gasteiger partial charge on any atom is 0.251 e. The minimum atomic E-state index is -0.383. The topological polar surface area (TPSA) is 72.3 Å². The number of unbranched alkanes of at least 4 members (excludes halogenated alkanes) is 3. The Morgan fingerprint density at radius 3 is 2.84 bits per heavy atom. The highest BCUT2D eigenvalue weighted by Crippen LogP contribution is 2.34. The molecule has 0 aromatic carbocycles. The van der Waals surface area contributed by atoms with Crippen LogP contribution in [0.5, 0.6) is 0 Å². The number of carbonyl (C=O) groups is 1. The zero-order valence-corrected chi connectivity index (χ0v) is 12.4. The Hall–Kier alpha value is -1.07. The Labute approximate surface area is 118 Å². The molecule has 1 amide bonds. The number of nitrogens with two attached hydrogens (primary N) is 2. The van der Waals surface area contributed by atoms with Gasteiger partial charge in [-0.2, -0.15) is 0 Å². The molecular weight excluding hydrogens is 258 g/mol. The molecule has 0 aliphatic carbocycles. The first-order chi connectivity index (χ1) is 9.13. The van der Waals surface area contributed by atoms with Crippen LogP contribution in [0, 0.1) is 0 Å². The largest absolute Gasteiger partial charge is 0.390 e. The molecule has 0 saturated carbocycles. The van der Waals surface area contributed by atoms with Gasteiger partial charge in [-0.1, -0.05) is 26.2 Å². The van der Waals surface area contributed by atoms with E-state index in [9.17, 15) is 4.79 Å². The third-order valence-electron chi connectivity index (χ3n) is 3.74. The van der Waals surface area contributed by atoms with Gasteiger partial charge < -0.3 is 11.5 Å². The molecule has 2 rings (SSSR count). The number of nitrogen functional groups attached to an aromatic ring is 1. The lowest BCUT2D eigenvalue weighted by Gasteiger charge is -2.26. The Kier molecular flexibility index (Phi) is 4.82. The number of amides is 1. The van der Waals surface area contributed by atoms with Crippen molar-refractivity contribution >= 4 is 22.2 Å². The van der Waals surface area contributed by atoms with Crippen LogP contribution in [0.1, 0.15) is 53.4 Å². The number of anilines is 1. The molecule has 4 N–H and O–H groups in total. The fourth-order valence-corrected chi connectivity index (χ4v) is 3.87. The highest BCUT2D eigenvalue weighted by molar-refractivity contribution is 7.16. The van der Waals surface area contributed by atoms with Crippen molar-refractivity contribution < 1.29 is 4.79 Å². The van der Waals surface area contributed by atoms with Gasteiger partial charge in [-0.3, -0.25) is 9.69 Å². The number of carbonyl (C=O) groups excluding carboxylic acids is 1. The second kappa shape index (κ2) is 6.39. The highest BCUT2D eigenvalue weighted by atomic mass is 32.1. The quantitative estimate of drug-likeness (QED) is 0.786. The van der Waals surface area contributed by atoms with Gasteiger partial charge in [-0.25, -0.2) is 0 Å². The monoisotopic (exact) mass is 281 g/mol. The third-order valence-corrected chi connectivity index (χ3v) is 4.78. The maximum absolute atomic E-state index is 11.4. The molecule has 5 heteroatoms. The van der Waals surface area contributed by atoms with Crippen LogP contribution in [0.25, 0.3) is 0 Å². The summed E-state index contributed by atoms with van der Waals surface area (Å²) < 4.78 is 0. The van der Waals surface area contributed by atoms with Gasteiger partial charge in [-0.15, -0.1) is 11.3 Å². The number of primary amides is 1. The molecule has 1 aromatic rings. The van der Waals surface area contributed by atoms with Crippen molar-refractivity contribution in [1.82, 2.24) is 4.90 Å². The summed E-state index contributed by atoms with van der Waals surface area (Å²) in [5, 5.41) is 0.588. The van der Waals surface area contributed by atoms with E-state index < -0.39 is 0 Å². The van der Waals surface area contributed by atoms with Crippen LogP contribution in [0.3, 0.4) is 0 Å². The summed E-state index contributed by atoms with van der Waals surface area (Å²) in [4.78, 5) is 15.1. The van der Waals surface area contributed by atoms with Gasteiger partial charge in [0.1, 0.15) is 0 Å². The minimum Gasteiger partial charge on any atom is -0.390 e. The van der Waals surface area contributed by atoms with Crippen LogP contribution in [0.2, 0.25) is 0 Å². The highest BCUT2D eigenvalue weighted by Gasteiger charge is 2.25. The Morgan fingerprint density at radius 2 is 2.16 bits per heavy atom. The zero-order chi connectivity index (χ0) is 13.8. The molecule has 0 unspecified atom stereocenters. The number of hydrogen-bond acceptors (Lipinski definition) is 4. The maximum atomic E-state index is 11.4. The normalized spacial score (nSPS) is 15.4. The van der Waals surface area contributed by atoms with Crippen LogP contribution < -0.4 is 11.5 Å². The molecule has 0 spiro atoms. The van der Waals surface area contributed by atoms with E-state index in [1.807, 2.05) is 0 Å². The van der Waals surface area contributed by atoms with Crippen molar-refractivity contribution in [2.45, 2.75) is 45.6 Å². The molecule has 106 valence electrons. The molecule has 0 fully saturated rings. The first kappa shape index (κ1) is 14.3. The number of nitrogens with zero attached hydrogens (tertiary/aromatic N) is 1. The van der Waals surface area contributed by atoms with Gasteiger partial charge in [0.15, 0.2) is 0 Å². The molecule has 2 heterocycles. The standard InChI is InChI=1S/C14H23N3OS/c1-2-3-4-5-7-17-8-6-10-11(9-17)19-14(16)12(10)13(15)18/h2-9,16H2,1H3,(H2,15,18). The van der Waals surface area contributed by atoms with E-state index in [0.717, 1.165) is 31.6 Å². The van der Waals surface area contributed by atoms with Crippen molar-refractivity contribution in [3.63, 3.8) is 0 Å². The van der Waals surface area contributed by atoms with E-state index in [1.54, 1.807) is 0 Å². The SMILES string of the molecule is CCCCCCN1CCc2c(sc(N)c2C(N)=O)C1. The summed E-state index contributed by atoms with van der Waals surface area (Å²) in [7, 11) is 0. The van der Waals surface area contributed by atoms with Crippen LogP contribution in [-0.4, -0.2) is 23.9 Å². The summed E-state index contributed by atoms with van der Waals surface area (Å²) in [5.41, 5.74) is 13.0. The first-order valence-corrected chi connectivity index (χ1v) is 7.87. The van der Waals surface area contributed by atoms with Crippen LogP contribution in [-0.2, 0) is 13.0 Å². The molecule has 1 aliphatic rings. The van der Waals surface area contributed by atoms with Crippen molar-refractivity contribution in [2.24, 2.45) is 5.73 Å². The van der Waals surface area contributed by atoms with Gasteiger partial charge in [0.2, 0.25) is 0 Å². The lowest BCUT2D eigenvalue weighted by Crippen LogP contribution is -2.31. The smallest absolute Gasteiger partial charge is 0.251 e. The van der Waals surface area contributed by atoms with E-state index in [4.69, 9.17) is 11.5 Å². The van der Waals surface area contributed by atoms with Crippen molar-refractivity contribution in [1.29, 1.82) is 0 Å². The van der Waals surface area contributed by atoms with E-state index in [1.165, 1.54) is 41.9 Å². The van der Waals surface area contributed by atoms with Gasteiger partial charge in [0.25, 0.3) is 5.91 Å². The Bertz CT molecular complexity index is 456. The van der Waals surface area contributed by atoms with Crippen LogP contribution >= 0.6 is 11.3 Å². The van der Waals surface area contributed by atoms with E-state index in [2.05, 4.69) is 11.8 Å². The minimum absolute atomic E-state index is 0.383. The summed E-state index contributed by atoms with van der Waals surface area (Å²) in [6.45, 7) is 5.30. The molecule has 19 heavy (non-hydrogen) atoms. The van der Waals surface area contributed by atoms with Crippen molar-refractivity contribution in [3.8, 4) is 0 Å². The number of rotatable bonds is 6. The lowest BCUT2D eigenvalue weighted by atomic mass is 10.0. The Morgan fingerprint density at radius 1 is 1.37 bits per heavy atom. The number of fused-ring (bicyclic) bond motifs is 1. The average molecular weight is 281 g/mol. The summed E-state index contributed by atoms with van der Waals surface area (Å²) >= 11 is 1.53. The van der Waals surface area contributed by atoms with Gasteiger partial charge in [0.05, 0.1) is 10.6 Å². The lowest BCUT2D eigenvalue weighted by molar-refractivity contribution is 0.1000. The second-order valence-corrected chi connectivity index (χ2v) is 6.33. The molecule has 0 bridgehead atoms. The first-order valence-electron chi connectivity index (χ1n) is 7.05. The van der Waals surface area contributed by atoms with Crippen molar-refractivity contribution in [3.05, 3.63) is 16.0 Å². The van der Waals surface area contributed by atoms with E-state index in [-0.39, 0.29) is 5.91 Å². The Balaban J connectivity index is 1.97. The summed E-state index contributed by atoms with van der Waals surface area (Å²) in [6, 6.07) is 0. The fourth-order valence-electron chi connectivity index (χ4n) is 2.70. The molecule has 0 radical (unpaired) electrons. The van der Waals surface area contributed by atoms with Crippen molar-refractivity contribution in [2.75, 3.05) is 18.8 Å². The van der Waals surface area contributed by atoms with Gasteiger partial charge in [-0.05, 0) is 24.9 Å². The average Bonchev–Trinajstić information content (AvgIpc) is 2.69. The molecule has 0 atom stereocenters. The predicted octanol–water partition coefficient (Wildman–Crippen LogP) is 2.37. The van der Waals surface area contributed by atoms with E-state index in [0.29, 0.717) is 10.6 Å². The fraction of sp³-hybridized carbons (Fsp3) is 0.643. The predicted molar refractivity (Wildman–Crippen MR) is 80.4 cm³/mol. The second-order valence-electron chi connectivity index (χ2n) is 5.19. The number of thiophene rings is 1. The zero-order valence-electron chi connectivity index (χ0n) is 11.6. The van der Waals surface area contributed by atoms with Crippen LogP contribution in [0.4, 0.5) is 5.00 Å². The molecule has 1 aliphatic heterocycles. The molecule has 1 aromatic heterocycles. The summed E-state index contributed by atoms with van der Waals surface area (Å²) in [5.74, 6) is -0.383. The van der Waals surface area contributed by atoms with E-state index >= 15 is 0 Å². The third kappa shape index (κ3) is 3.28.